The lowest BCUT2D eigenvalue weighted by atomic mass is 9.92. The molecule has 0 spiro atoms. The summed E-state index contributed by atoms with van der Waals surface area (Å²) in [6.45, 7) is 3.95. The minimum atomic E-state index is -0.425. The first-order chi connectivity index (χ1) is 8.11. The molecule has 1 aromatic rings. The summed E-state index contributed by atoms with van der Waals surface area (Å²) in [6.07, 6.45) is 4.19. The molecule has 2 rings (SSSR count). The summed E-state index contributed by atoms with van der Waals surface area (Å²) in [5.74, 6) is 0.916. The van der Waals surface area contributed by atoms with E-state index in [9.17, 15) is 9.50 Å². The Morgan fingerprint density at radius 2 is 2.18 bits per heavy atom. The molecule has 3 unspecified atom stereocenters. The predicted octanol–water partition coefficient (Wildman–Crippen LogP) is 3.99. The molecule has 0 saturated heterocycles. The molecule has 0 amide bonds. The summed E-state index contributed by atoms with van der Waals surface area (Å²) >= 11 is 0. The van der Waals surface area contributed by atoms with Crippen molar-refractivity contribution in [3.63, 3.8) is 0 Å². The van der Waals surface area contributed by atoms with Crippen LogP contribution in [0.2, 0.25) is 0 Å². The molecule has 0 bridgehead atoms. The molecule has 1 aliphatic rings. The van der Waals surface area contributed by atoms with Crippen molar-refractivity contribution in [2.24, 2.45) is 11.8 Å². The largest absolute Gasteiger partial charge is 0.388 e. The number of hydrogen-bond acceptors (Lipinski definition) is 1. The molecular formula is C15H21FO. The summed E-state index contributed by atoms with van der Waals surface area (Å²) in [7, 11) is 0. The average Bonchev–Trinajstić information content (AvgIpc) is 2.80. The second-order valence-electron chi connectivity index (χ2n) is 5.30. The maximum Gasteiger partial charge on any atom is 0.126 e. The van der Waals surface area contributed by atoms with Gasteiger partial charge in [0.1, 0.15) is 5.82 Å². The van der Waals surface area contributed by atoms with Crippen molar-refractivity contribution in [3.05, 3.63) is 35.1 Å². The zero-order chi connectivity index (χ0) is 12.4. The van der Waals surface area contributed by atoms with Gasteiger partial charge in [0.05, 0.1) is 6.10 Å². The molecule has 2 heteroatoms. The van der Waals surface area contributed by atoms with E-state index in [1.54, 1.807) is 19.1 Å². The standard InChI is InChI=1S/C15H21FO/c1-3-11-4-5-13(9-11)15(17)12-6-7-14(16)10(2)8-12/h6-8,11,13,15,17H,3-5,9H2,1-2H3. The fraction of sp³-hybridized carbons (Fsp3) is 0.600. The topological polar surface area (TPSA) is 20.2 Å². The van der Waals surface area contributed by atoms with Gasteiger partial charge in [0.2, 0.25) is 0 Å². The first-order valence-electron chi connectivity index (χ1n) is 6.56. The van der Waals surface area contributed by atoms with Crippen molar-refractivity contribution >= 4 is 0 Å². The highest BCUT2D eigenvalue weighted by Crippen LogP contribution is 2.40. The lowest BCUT2D eigenvalue weighted by molar-refractivity contribution is 0.109. The van der Waals surface area contributed by atoms with E-state index in [1.807, 2.05) is 0 Å². The molecule has 1 fully saturated rings. The molecule has 0 aliphatic heterocycles. The van der Waals surface area contributed by atoms with Crippen LogP contribution in [0.15, 0.2) is 18.2 Å². The van der Waals surface area contributed by atoms with Gasteiger partial charge in [-0.15, -0.1) is 0 Å². The van der Waals surface area contributed by atoms with Crippen LogP contribution in [-0.4, -0.2) is 5.11 Å². The van der Waals surface area contributed by atoms with E-state index in [4.69, 9.17) is 0 Å². The molecule has 0 radical (unpaired) electrons. The van der Waals surface area contributed by atoms with Crippen LogP contribution in [0.25, 0.3) is 0 Å². The smallest absolute Gasteiger partial charge is 0.126 e. The maximum absolute atomic E-state index is 13.2. The van der Waals surface area contributed by atoms with Gasteiger partial charge in [0, 0.05) is 0 Å². The molecule has 94 valence electrons. The van der Waals surface area contributed by atoms with E-state index < -0.39 is 6.10 Å². The van der Waals surface area contributed by atoms with Crippen LogP contribution in [0.3, 0.4) is 0 Å². The predicted molar refractivity (Wildman–Crippen MR) is 67.2 cm³/mol. The lowest BCUT2D eigenvalue weighted by Crippen LogP contribution is -2.10. The van der Waals surface area contributed by atoms with Crippen molar-refractivity contribution in [1.82, 2.24) is 0 Å². The number of rotatable bonds is 3. The van der Waals surface area contributed by atoms with Crippen LogP contribution in [0.4, 0.5) is 4.39 Å². The Labute approximate surface area is 103 Å². The van der Waals surface area contributed by atoms with Crippen LogP contribution in [0, 0.1) is 24.6 Å². The SMILES string of the molecule is CCC1CCC(C(O)c2ccc(F)c(C)c2)C1. The Balaban J connectivity index is 2.09. The highest BCUT2D eigenvalue weighted by molar-refractivity contribution is 5.26. The minimum absolute atomic E-state index is 0.196. The molecule has 1 aliphatic carbocycles. The van der Waals surface area contributed by atoms with Gasteiger partial charge in [-0.2, -0.15) is 0 Å². The summed E-state index contributed by atoms with van der Waals surface area (Å²) in [5, 5.41) is 10.3. The van der Waals surface area contributed by atoms with Gasteiger partial charge in [0.15, 0.2) is 0 Å². The van der Waals surface area contributed by atoms with Crippen molar-refractivity contribution in [1.29, 1.82) is 0 Å². The zero-order valence-electron chi connectivity index (χ0n) is 10.6. The van der Waals surface area contributed by atoms with E-state index in [0.29, 0.717) is 11.5 Å². The number of aliphatic hydroxyl groups is 1. The number of aryl methyl sites for hydroxylation is 1. The summed E-state index contributed by atoms with van der Waals surface area (Å²) in [4.78, 5) is 0. The zero-order valence-corrected chi connectivity index (χ0v) is 10.6. The first kappa shape index (κ1) is 12.6. The lowest BCUT2D eigenvalue weighted by Gasteiger charge is -2.19. The highest BCUT2D eigenvalue weighted by atomic mass is 19.1. The third kappa shape index (κ3) is 2.68. The Kier molecular flexibility index (Phi) is 3.82. The summed E-state index contributed by atoms with van der Waals surface area (Å²) in [6, 6.07) is 4.95. The molecule has 3 atom stereocenters. The molecule has 0 heterocycles. The third-order valence-electron chi connectivity index (χ3n) is 4.13. The number of hydrogen-bond donors (Lipinski definition) is 1. The van der Waals surface area contributed by atoms with Crippen LogP contribution in [0.1, 0.15) is 49.8 Å². The van der Waals surface area contributed by atoms with Crippen molar-refractivity contribution < 1.29 is 9.50 Å². The van der Waals surface area contributed by atoms with Crippen molar-refractivity contribution in [2.75, 3.05) is 0 Å². The number of benzene rings is 1. The fourth-order valence-corrected chi connectivity index (χ4v) is 2.90. The van der Waals surface area contributed by atoms with Gasteiger partial charge in [-0.05, 0) is 48.8 Å². The van der Waals surface area contributed by atoms with Crippen LogP contribution in [-0.2, 0) is 0 Å². The van der Waals surface area contributed by atoms with Gasteiger partial charge in [-0.1, -0.05) is 31.9 Å². The quantitative estimate of drug-likeness (QED) is 0.841. The van der Waals surface area contributed by atoms with Gasteiger partial charge in [-0.3, -0.25) is 0 Å². The Morgan fingerprint density at radius 3 is 2.76 bits per heavy atom. The second-order valence-corrected chi connectivity index (χ2v) is 5.30. The van der Waals surface area contributed by atoms with Gasteiger partial charge >= 0.3 is 0 Å². The summed E-state index contributed by atoms with van der Waals surface area (Å²) < 4.78 is 13.2. The van der Waals surface area contributed by atoms with Gasteiger partial charge < -0.3 is 5.11 Å². The van der Waals surface area contributed by atoms with E-state index >= 15 is 0 Å². The molecule has 1 saturated carbocycles. The van der Waals surface area contributed by atoms with E-state index in [0.717, 1.165) is 24.3 Å². The second kappa shape index (κ2) is 5.18. The summed E-state index contributed by atoms with van der Waals surface area (Å²) in [5.41, 5.74) is 1.48. The Bertz CT molecular complexity index is 389. The molecule has 1 aromatic carbocycles. The maximum atomic E-state index is 13.2. The monoisotopic (exact) mass is 236 g/mol. The van der Waals surface area contributed by atoms with Crippen molar-refractivity contribution in [2.45, 2.75) is 45.6 Å². The highest BCUT2D eigenvalue weighted by Gasteiger charge is 2.29. The minimum Gasteiger partial charge on any atom is -0.388 e. The van der Waals surface area contributed by atoms with Crippen LogP contribution < -0.4 is 0 Å². The number of aliphatic hydroxyl groups excluding tert-OH is 1. The third-order valence-corrected chi connectivity index (χ3v) is 4.13. The van der Waals surface area contributed by atoms with Crippen LogP contribution >= 0.6 is 0 Å². The molecular weight excluding hydrogens is 215 g/mol. The molecule has 1 nitrogen and oxygen atoms in total. The Morgan fingerprint density at radius 1 is 1.41 bits per heavy atom. The van der Waals surface area contributed by atoms with Gasteiger partial charge in [0.25, 0.3) is 0 Å². The molecule has 0 aromatic heterocycles. The van der Waals surface area contributed by atoms with Gasteiger partial charge in [-0.25, -0.2) is 4.39 Å². The fourth-order valence-electron chi connectivity index (χ4n) is 2.90. The average molecular weight is 236 g/mol. The first-order valence-corrected chi connectivity index (χ1v) is 6.56. The van der Waals surface area contributed by atoms with E-state index in [2.05, 4.69) is 6.92 Å². The van der Waals surface area contributed by atoms with E-state index in [1.165, 1.54) is 18.9 Å². The van der Waals surface area contributed by atoms with Crippen molar-refractivity contribution in [3.8, 4) is 0 Å². The molecule has 1 N–H and O–H groups in total. The normalized spacial score (nSPS) is 26.1. The number of halogens is 1. The van der Waals surface area contributed by atoms with E-state index in [-0.39, 0.29) is 5.82 Å². The van der Waals surface area contributed by atoms with Crippen LogP contribution in [0.5, 0.6) is 0 Å². The Hall–Kier alpha value is -0.890. The molecule has 17 heavy (non-hydrogen) atoms.